The third-order valence-electron chi connectivity index (χ3n) is 5.03. The SMILES string of the molecule is CN=C(NCc1cccc(N(C)C)n1)N1CCOC(c2ccc(C)cc2C)C1.I. The molecule has 158 valence electrons. The number of nitrogens with one attached hydrogen (secondary N) is 1. The molecule has 0 bridgehead atoms. The quantitative estimate of drug-likeness (QED) is 0.389. The highest BCUT2D eigenvalue weighted by Gasteiger charge is 2.25. The molecule has 1 unspecified atom stereocenters. The minimum Gasteiger partial charge on any atom is -0.370 e. The van der Waals surface area contributed by atoms with Crippen LogP contribution in [0.4, 0.5) is 5.82 Å². The van der Waals surface area contributed by atoms with Crippen LogP contribution in [-0.2, 0) is 11.3 Å². The molecular formula is C22H32IN5O. The number of aliphatic imine (C=N–C) groups is 1. The Morgan fingerprint density at radius 2 is 2.07 bits per heavy atom. The van der Waals surface area contributed by atoms with Gasteiger partial charge in [0, 0.05) is 27.7 Å². The van der Waals surface area contributed by atoms with E-state index in [2.05, 4.69) is 52.2 Å². The summed E-state index contributed by atoms with van der Waals surface area (Å²) < 4.78 is 6.07. The highest BCUT2D eigenvalue weighted by Crippen LogP contribution is 2.26. The van der Waals surface area contributed by atoms with E-state index >= 15 is 0 Å². The largest absolute Gasteiger partial charge is 0.370 e. The Bertz CT molecular complexity index is 840. The third-order valence-corrected chi connectivity index (χ3v) is 5.03. The lowest BCUT2D eigenvalue weighted by Crippen LogP contribution is -2.48. The van der Waals surface area contributed by atoms with Gasteiger partial charge in [-0.15, -0.1) is 24.0 Å². The fourth-order valence-corrected chi connectivity index (χ4v) is 3.53. The second-order valence-electron chi connectivity index (χ2n) is 7.45. The van der Waals surface area contributed by atoms with Crippen LogP contribution in [0.2, 0.25) is 0 Å². The Morgan fingerprint density at radius 3 is 2.76 bits per heavy atom. The molecule has 7 heteroatoms. The molecule has 0 radical (unpaired) electrons. The molecule has 1 aromatic carbocycles. The Kier molecular flexibility index (Phi) is 8.70. The first kappa shape index (κ1) is 23.4. The Balaban J connectivity index is 0.00000300. The molecule has 0 aliphatic carbocycles. The van der Waals surface area contributed by atoms with E-state index in [0.717, 1.165) is 30.6 Å². The number of pyridine rings is 1. The van der Waals surface area contributed by atoms with Gasteiger partial charge < -0.3 is 19.9 Å². The van der Waals surface area contributed by atoms with E-state index in [1.165, 1.54) is 16.7 Å². The Hall–Kier alpha value is -1.87. The second-order valence-corrected chi connectivity index (χ2v) is 7.45. The van der Waals surface area contributed by atoms with Crippen molar-refractivity contribution in [3.63, 3.8) is 0 Å². The van der Waals surface area contributed by atoms with Crippen molar-refractivity contribution in [3.8, 4) is 0 Å². The summed E-state index contributed by atoms with van der Waals surface area (Å²) in [4.78, 5) is 13.4. The normalized spacial score (nSPS) is 16.9. The van der Waals surface area contributed by atoms with Gasteiger partial charge in [0.25, 0.3) is 0 Å². The second kappa shape index (κ2) is 10.8. The topological polar surface area (TPSA) is 53.0 Å². The van der Waals surface area contributed by atoms with Gasteiger partial charge in [-0.3, -0.25) is 4.99 Å². The van der Waals surface area contributed by atoms with Gasteiger partial charge in [-0.1, -0.05) is 29.8 Å². The lowest BCUT2D eigenvalue weighted by atomic mass is 10.00. The minimum atomic E-state index is 0. The maximum atomic E-state index is 6.07. The number of guanidine groups is 1. The van der Waals surface area contributed by atoms with E-state index in [1.54, 1.807) is 0 Å². The molecule has 6 nitrogen and oxygen atoms in total. The molecule has 1 aromatic heterocycles. The molecule has 1 saturated heterocycles. The zero-order valence-corrected chi connectivity index (χ0v) is 20.3. The highest BCUT2D eigenvalue weighted by molar-refractivity contribution is 14.0. The first-order chi connectivity index (χ1) is 13.5. The Morgan fingerprint density at radius 1 is 1.28 bits per heavy atom. The van der Waals surface area contributed by atoms with Gasteiger partial charge in [-0.25, -0.2) is 4.98 Å². The fraction of sp³-hybridized carbons (Fsp3) is 0.455. The molecule has 0 amide bonds. The van der Waals surface area contributed by atoms with Crippen molar-refractivity contribution >= 4 is 35.8 Å². The maximum Gasteiger partial charge on any atom is 0.194 e. The number of nitrogens with zero attached hydrogens (tertiary/aromatic N) is 4. The van der Waals surface area contributed by atoms with Crippen molar-refractivity contribution in [2.75, 3.05) is 45.7 Å². The number of aryl methyl sites for hydroxylation is 2. The molecule has 3 rings (SSSR count). The van der Waals surface area contributed by atoms with Gasteiger partial charge >= 0.3 is 0 Å². The number of halogens is 1. The van der Waals surface area contributed by atoms with E-state index in [9.17, 15) is 0 Å². The molecule has 29 heavy (non-hydrogen) atoms. The molecule has 1 aliphatic heterocycles. The molecule has 2 heterocycles. The molecule has 2 aromatic rings. The van der Waals surface area contributed by atoms with Crippen LogP contribution in [0.25, 0.3) is 0 Å². The summed E-state index contributed by atoms with van der Waals surface area (Å²) in [6.07, 6.45) is 0.0584. The van der Waals surface area contributed by atoms with Crippen molar-refractivity contribution in [1.29, 1.82) is 0 Å². The monoisotopic (exact) mass is 509 g/mol. The summed E-state index contributed by atoms with van der Waals surface area (Å²) in [7, 11) is 5.83. The summed E-state index contributed by atoms with van der Waals surface area (Å²) in [6.45, 7) is 7.21. The van der Waals surface area contributed by atoms with Crippen molar-refractivity contribution in [2.45, 2.75) is 26.5 Å². The molecule has 0 saturated carbocycles. The number of aromatic nitrogens is 1. The summed E-state index contributed by atoms with van der Waals surface area (Å²) >= 11 is 0. The van der Waals surface area contributed by atoms with Crippen LogP contribution in [0.3, 0.4) is 0 Å². The van der Waals surface area contributed by atoms with E-state index in [4.69, 9.17) is 4.74 Å². The van der Waals surface area contributed by atoms with Crippen LogP contribution in [-0.4, -0.2) is 56.7 Å². The summed E-state index contributed by atoms with van der Waals surface area (Å²) in [5.41, 5.74) is 4.80. The van der Waals surface area contributed by atoms with Crippen LogP contribution in [0.5, 0.6) is 0 Å². The Labute approximate surface area is 191 Å². The maximum absolute atomic E-state index is 6.07. The average molecular weight is 509 g/mol. The molecular weight excluding hydrogens is 477 g/mol. The average Bonchev–Trinajstić information content (AvgIpc) is 2.69. The number of hydrogen-bond donors (Lipinski definition) is 1. The summed E-state index contributed by atoms with van der Waals surface area (Å²) in [6, 6.07) is 12.6. The smallest absolute Gasteiger partial charge is 0.194 e. The molecule has 1 fully saturated rings. The minimum absolute atomic E-state index is 0. The van der Waals surface area contributed by atoms with E-state index in [1.807, 2.05) is 44.2 Å². The number of rotatable bonds is 4. The van der Waals surface area contributed by atoms with Crippen LogP contribution in [0.1, 0.15) is 28.5 Å². The first-order valence-electron chi connectivity index (χ1n) is 9.75. The number of hydrogen-bond acceptors (Lipinski definition) is 4. The van der Waals surface area contributed by atoms with Gasteiger partial charge in [0.2, 0.25) is 0 Å². The standard InChI is InChI=1S/C22H31N5O.HI/c1-16-9-10-19(17(2)13-16)20-15-27(11-12-28-20)22(23-3)24-14-18-7-6-8-21(25-18)26(4)5;/h6-10,13,20H,11-12,14-15H2,1-5H3,(H,23,24);1H. The van der Waals surface area contributed by atoms with Crippen LogP contribution >= 0.6 is 24.0 Å². The van der Waals surface area contributed by atoms with Crippen molar-refractivity contribution in [3.05, 3.63) is 58.8 Å². The number of benzene rings is 1. The summed E-state index contributed by atoms with van der Waals surface area (Å²) in [5.74, 6) is 1.84. The predicted molar refractivity (Wildman–Crippen MR) is 130 cm³/mol. The molecule has 1 atom stereocenters. The van der Waals surface area contributed by atoms with E-state index in [0.29, 0.717) is 13.2 Å². The van der Waals surface area contributed by atoms with Crippen LogP contribution < -0.4 is 10.2 Å². The lowest BCUT2D eigenvalue weighted by Gasteiger charge is -2.35. The van der Waals surface area contributed by atoms with Crippen molar-refractivity contribution in [1.82, 2.24) is 15.2 Å². The predicted octanol–water partition coefficient (Wildman–Crippen LogP) is 3.53. The zero-order valence-electron chi connectivity index (χ0n) is 18.0. The first-order valence-corrected chi connectivity index (χ1v) is 9.75. The highest BCUT2D eigenvalue weighted by atomic mass is 127. The number of anilines is 1. The fourth-order valence-electron chi connectivity index (χ4n) is 3.53. The van der Waals surface area contributed by atoms with Crippen LogP contribution in [0, 0.1) is 13.8 Å². The lowest BCUT2D eigenvalue weighted by molar-refractivity contribution is -0.00834. The van der Waals surface area contributed by atoms with Crippen molar-refractivity contribution in [2.24, 2.45) is 4.99 Å². The summed E-state index contributed by atoms with van der Waals surface area (Å²) in [5, 5.41) is 3.46. The molecule has 1 N–H and O–H groups in total. The van der Waals surface area contributed by atoms with E-state index < -0.39 is 0 Å². The van der Waals surface area contributed by atoms with E-state index in [-0.39, 0.29) is 30.1 Å². The molecule has 0 spiro atoms. The number of morpholine rings is 1. The van der Waals surface area contributed by atoms with Gasteiger partial charge in [-0.05, 0) is 37.1 Å². The third kappa shape index (κ3) is 6.05. The number of ether oxygens (including phenoxy) is 1. The zero-order chi connectivity index (χ0) is 20.1. The molecule has 1 aliphatic rings. The van der Waals surface area contributed by atoms with Gasteiger partial charge in [0.1, 0.15) is 11.9 Å². The van der Waals surface area contributed by atoms with Gasteiger partial charge in [0.05, 0.1) is 25.4 Å². The van der Waals surface area contributed by atoms with Gasteiger partial charge in [0.15, 0.2) is 5.96 Å². The van der Waals surface area contributed by atoms with Crippen LogP contribution in [0.15, 0.2) is 41.4 Å². The van der Waals surface area contributed by atoms with Crippen molar-refractivity contribution < 1.29 is 4.74 Å². The van der Waals surface area contributed by atoms with Gasteiger partial charge in [-0.2, -0.15) is 0 Å².